The zero-order chi connectivity index (χ0) is 22.9. The Labute approximate surface area is 196 Å². The van der Waals surface area contributed by atoms with Crippen molar-refractivity contribution in [3.8, 4) is 22.9 Å². The number of carbonyl (C=O) groups is 2. The van der Waals surface area contributed by atoms with E-state index in [1.54, 1.807) is 24.3 Å². The molecule has 0 bridgehead atoms. The van der Waals surface area contributed by atoms with E-state index in [4.69, 9.17) is 14.0 Å². The predicted molar refractivity (Wildman–Crippen MR) is 121 cm³/mol. The second kappa shape index (κ2) is 8.66. The summed E-state index contributed by atoms with van der Waals surface area (Å²) < 4.78 is 17.0. The number of amides is 2. The van der Waals surface area contributed by atoms with E-state index in [2.05, 4.69) is 36.5 Å². The van der Waals surface area contributed by atoms with Crippen LogP contribution in [0, 0.1) is 6.92 Å². The third-order valence-electron chi connectivity index (χ3n) is 5.14. The number of benzene rings is 2. The maximum Gasteiger partial charge on any atom is 0.274 e. The molecular weight excluding hydrogens is 494 g/mol. The lowest BCUT2D eigenvalue weighted by atomic mass is 10.1. The molecule has 0 atom stereocenters. The predicted octanol–water partition coefficient (Wildman–Crippen LogP) is 3.50. The molecule has 2 amide bonds. The Morgan fingerprint density at radius 2 is 2.00 bits per heavy atom. The summed E-state index contributed by atoms with van der Waals surface area (Å²) in [5.74, 6) is 1.21. The Morgan fingerprint density at radius 1 is 1.15 bits per heavy atom. The number of nitrogens with one attached hydrogen (secondary N) is 1. The van der Waals surface area contributed by atoms with Gasteiger partial charge in [-0.3, -0.25) is 9.59 Å². The molecule has 2 aliphatic rings. The molecule has 168 valence electrons. The number of hydrogen-bond acceptors (Lipinski definition) is 8. The number of ether oxygens (including phenoxy) is 2. The van der Waals surface area contributed by atoms with E-state index < -0.39 is 0 Å². The number of rotatable bonds is 5. The molecule has 11 heteroatoms. The summed E-state index contributed by atoms with van der Waals surface area (Å²) in [6.45, 7) is 1.87. The van der Waals surface area contributed by atoms with E-state index in [1.807, 2.05) is 19.1 Å². The largest absolute Gasteiger partial charge is 0.454 e. The lowest BCUT2D eigenvalue weighted by molar-refractivity contribution is -0.135. The van der Waals surface area contributed by atoms with Crippen LogP contribution < -0.4 is 14.8 Å². The summed E-state index contributed by atoms with van der Waals surface area (Å²) in [7, 11) is 0. The number of fused-ring (bicyclic) bond motifs is 1. The number of hydrazone groups is 1. The van der Waals surface area contributed by atoms with Crippen molar-refractivity contribution in [2.75, 3.05) is 18.7 Å². The molecule has 5 rings (SSSR count). The van der Waals surface area contributed by atoms with Gasteiger partial charge >= 0.3 is 0 Å². The standard InChI is InChI=1S/C22H18BrN5O5/c1-12-8-14(3-4-15(12)23)24-19(29)10-28-20(30)7-5-16(26-28)22-25-21(27-33-22)13-2-6-17-18(9-13)32-11-31-17/h2-4,6,8-9H,5,7,10-11H2,1H3,(H,24,29). The second-order valence-electron chi connectivity index (χ2n) is 7.50. The highest BCUT2D eigenvalue weighted by atomic mass is 79.9. The molecule has 33 heavy (non-hydrogen) atoms. The molecule has 2 aromatic carbocycles. The molecule has 0 aliphatic carbocycles. The highest BCUT2D eigenvalue weighted by molar-refractivity contribution is 9.10. The van der Waals surface area contributed by atoms with Crippen molar-refractivity contribution < 1.29 is 23.6 Å². The van der Waals surface area contributed by atoms with Crippen LogP contribution in [0.5, 0.6) is 11.5 Å². The maximum atomic E-state index is 12.5. The Bertz CT molecular complexity index is 1290. The monoisotopic (exact) mass is 511 g/mol. The first-order valence-electron chi connectivity index (χ1n) is 10.1. The van der Waals surface area contributed by atoms with Gasteiger partial charge in [0.2, 0.25) is 24.4 Å². The molecule has 0 spiro atoms. The van der Waals surface area contributed by atoms with Crippen LogP contribution in [-0.4, -0.2) is 46.0 Å². The number of carbonyl (C=O) groups excluding carboxylic acids is 2. The minimum atomic E-state index is -0.360. The van der Waals surface area contributed by atoms with Gasteiger partial charge in [0.15, 0.2) is 11.5 Å². The van der Waals surface area contributed by atoms with Crippen molar-refractivity contribution in [3.63, 3.8) is 0 Å². The highest BCUT2D eigenvalue weighted by Gasteiger charge is 2.27. The van der Waals surface area contributed by atoms with E-state index in [0.29, 0.717) is 40.7 Å². The van der Waals surface area contributed by atoms with Crippen LogP contribution in [0.1, 0.15) is 24.3 Å². The first kappa shape index (κ1) is 21.1. The highest BCUT2D eigenvalue weighted by Crippen LogP contribution is 2.35. The SMILES string of the molecule is Cc1cc(NC(=O)CN2N=C(c3nc(-c4ccc5c(c4)OCO5)no3)CCC2=O)ccc1Br. The van der Waals surface area contributed by atoms with E-state index in [0.717, 1.165) is 15.0 Å². The van der Waals surface area contributed by atoms with Gasteiger partial charge in [0.1, 0.15) is 12.3 Å². The molecule has 0 radical (unpaired) electrons. The molecular formula is C22H18BrN5O5. The van der Waals surface area contributed by atoms with Gasteiger partial charge < -0.3 is 19.3 Å². The molecule has 1 aromatic heterocycles. The number of nitrogens with zero attached hydrogens (tertiary/aromatic N) is 4. The Balaban J connectivity index is 1.30. The fourth-order valence-electron chi connectivity index (χ4n) is 3.43. The molecule has 0 unspecified atom stereocenters. The van der Waals surface area contributed by atoms with Gasteiger partial charge in [-0.2, -0.15) is 10.1 Å². The minimum absolute atomic E-state index is 0.173. The summed E-state index contributed by atoms with van der Waals surface area (Å²) >= 11 is 3.43. The number of anilines is 1. The van der Waals surface area contributed by atoms with Crippen LogP contribution >= 0.6 is 15.9 Å². The normalized spacial score (nSPS) is 14.9. The molecule has 0 saturated heterocycles. The van der Waals surface area contributed by atoms with Crippen LogP contribution in [0.4, 0.5) is 5.69 Å². The maximum absolute atomic E-state index is 12.5. The molecule has 1 N–H and O–H groups in total. The summed E-state index contributed by atoms with van der Waals surface area (Å²) in [4.78, 5) is 29.2. The van der Waals surface area contributed by atoms with E-state index in [9.17, 15) is 9.59 Å². The third kappa shape index (κ3) is 4.44. The first-order chi connectivity index (χ1) is 16.0. The topological polar surface area (TPSA) is 119 Å². The zero-order valence-corrected chi connectivity index (χ0v) is 19.1. The lowest BCUT2D eigenvalue weighted by Crippen LogP contribution is -2.38. The van der Waals surface area contributed by atoms with Gasteiger partial charge in [-0.25, -0.2) is 5.01 Å². The van der Waals surface area contributed by atoms with Crippen molar-refractivity contribution in [2.45, 2.75) is 19.8 Å². The van der Waals surface area contributed by atoms with Gasteiger partial charge in [0, 0.05) is 28.6 Å². The number of hydrogen-bond donors (Lipinski definition) is 1. The summed E-state index contributed by atoms with van der Waals surface area (Å²) in [5, 5.41) is 12.2. The number of aryl methyl sites for hydroxylation is 1. The fourth-order valence-corrected chi connectivity index (χ4v) is 3.68. The average Bonchev–Trinajstić information content (AvgIpc) is 3.47. The van der Waals surface area contributed by atoms with E-state index in [-0.39, 0.29) is 37.5 Å². The number of aromatic nitrogens is 2. The van der Waals surface area contributed by atoms with Crippen LogP contribution in [0.15, 0.2) is 50.5 Å². The van der Waals surface area contributed by atoms with Gasteiger partial charge in [-0.15, -0.1) is 0 Å². The third-order valence-corrected chi connectivity index (χ3v) is 6.03. The zero-order valence-electron chi connectivity index (χ0n) is 17.5. The molecule has 0 fully saturated rings. The lowest BCUT2D eigenvalue weighted by Gasteiger charge is -2.21. The van der Waals surface area contributed by atoms with Crippen LogP contribution in [-0.2, 0) is 9.59 Å². The minimum Gasteiger partial charge on any atom is -0.454 e. The van der Waals surface area contributed by atoms with Crippen molar-refractivity contribution in [1.29, 1.82) is 0 Å². The summed E-state index contributed by atoms with van der Waals surface area (Å²) in [5.41, 5.74) is 2.76. The van der Waals surface area contributed by atoms with E-state index >= 15 is 0 Å². The fraction of sp³-hybridized carbons (Fsp3) is 0.227. The van der Waals surface area contributed by atoms with Crippen LogP contribution in [0.25, 0.3) is 11.4 Å². The first-order valence-corrected chi connectivity index (χ1v) is 10.9. The molecule has 3 aromatic rings. The molecule has 0 saturated carbocycles. The van der Waals surface area contributed by atoms with Gasteiger partial charge in [0.05, 0.1) is 0 Å². The molecule has 3 heterocycles. The Morgan fingerprint density at radius 3 is 2.85 bits per heavy atom. The summed E-state index contributed by atoms with van der Waals surface area (Å²) in [6, 6.07) is 10.8. The summed E-state index contributed by atoms with van der Waals surface area (Å²) in [6.07, 6.45) is 0.525. The van der Waals surface area contributed by atoms with Crippen LogP contribution in [0.2, 0.25) is 0 Å². The van der Waals surface area contributed by atoms with Gasteiger partial charge in [-0.05, 0) is 48.9 Å². The van der Waals surface area contributed by atoms with Gasteiger partial charge in [0.25, 0.3) is 5.89 Å². The molecule has 10 nitrogen and oxygen atoms in total. The van der Waals surface area contributed by atoms with Crippen LogP contribution in [0.3, 0.4) is 0 Å². The smallest absolute Gasteiger partial charge is 0.274 e. The van der Waals surface area contributed by atoms with Gasteiger partial charge in [-0.1, -0.05) is 21.1 Å². The quantitative estimate of drug-likeness (QED) is 0.556. The Kier molecular flexibility index (Phi) is 5.55. The van der Waals surface area contributed by atoms with Crippen molar-refractivity contribution in [2.24, 2.45) is 5.10 Å². The second-order valence-corrected chi connectivity index (χ2v) is 8.36. The number of halogens is 1. The van der Waals surface area contributed by atoms with Crippen molar-refractivity contribution in [1.82, 2.24) is 15.1 Å². The Hall–Kier alpha value is -3.73. The molecule has 2 aliphatic heterocycles. The van der Waals surface area contributed by atoms with Crippen molar-refractivity contribution in [3.05, 3.63) is 52.3 Å². The van der Waals surface area contributed by atoms with E-state index in [1.165, 1.54) is 0 Å². The average molecular weight is 512 g/mol. The van der Waals surface area contributed by atoms with Crippen molar-refractivity contribution >= 4 is 39.1 Å².